The molecular formula is C30H36N4O6S. The Morgan fingerprint density at radius 3 is 2.46 bits per heavy atom. The van der Waals surface area contributed by atoms with E-state index in [1.165, 1.54) is 22.5 Å². The highest BCUT2D eigenvalue weighted by atomic mass is 32.2. The van der Waals surface area contributed by atoms with Gasteiger partial charge in [-0.2, -0.15) is 9.29 Å². The molecule has 0 aliphatic rings. The first-order valence-corrected chi connectivity index (χ1v) is 14.8. The van der Waals surface area contributed by atoms with E-state index in [0.717, 1.165) is 5.56 Å². The first kappa shape index (κ1) is 30.0. The molecule has 1 heterocycles. The SMILES string of the molecule is CNc1nc2ccc(S(=O)(=O)N(CC(C)C)C[C@@H](O)[C@H](Cc3ccccc3)NC(=O)c3cccc(O)c3C)cc2o1. The Bertz CT molecular complexity index is 1600. The summed E-state index contributed by atoms with van der Waals surface area (Å²) in [7, 11) is -2.41. The standard InChI is InChI=1S/C30H36N4O6S/c1-19(2)17-34(41(38,39)22-13-14-24-28(16-22)40-30(31-4)33-24)18-27(36)25(15-21-9-6-5-7-10-21)32-29(37)23-11-8-12-26(35)20(23)3/h5-14,16,19,25,27,35-36H,15,17-18H2,1-4H3,(H,31,33)(H,32,37)/t25-,27+/m0/s1. The summed E-state index contributed by atoms with van der Waals surface area (Å²) in [4.78, 5) is 17.5. The number of aliphatic hydroxyl groups excluding tert-OH is 1. The molecule has 0 saturated heterocycles. The largest absolute Gasteiger partial charge is 0.508 e. The quantitative estimate of drug-likeness (QED) is 0.197. The maximum Gasteiger partial charge on any atom is 0.295 e. The number of amides is 1. The Morgan fingerprint density at radius 2 is 1.78 bits per heavy atom. The molecule has 4 N–H and O–H groups in total. The summed E-state index contributed by atoms with van der Waals surface area (Å²) in [5.74, 6) is -0.538. The zero-order valence-electron chi connectivity index (χ0n) is 23.5. The second kappa shape index (κ2) is 12.7. The van der Waals surface area contributed by atoms with Gasteiger partial charge in [0.1, 0.15) is 11.3 Å². The Kier molecular flexibility index (Phi) is 9.31. The van der Waals surface area contributed by atoms with Crippen molar-refractivity contribution in [1.82, 2.24) is 14.6 Å². The summed E-state index contributed by atoms with van der Waals surface area (Å²) in [5, 5.41) is 27.3. The number of sulfonamides is 1. The molecule has 1 aromatic heterocycles. The molecule has 0 radical (unpaired) electrons. The van der Waals surface area contributed by atoms with Crippen molar-refractivity contribution in [2.75, 3.05) is 25.5 Å². The lowest BCUT2D eigenvalue weighted by atomic mass is 9.99. The number of carbonyl (C=O) groups excluding carboxylic acids is 1. The van der Waals surface area contributed by atoms with Crippen LogP contribution in [0.1, 0.15) is 35.3 Å². The van der Waals surface area contributed by atoms with Crippen molar-refractivity contribution in [1.29, 1.82) is 0 Å². The average Bonchev–Trinajstić information content (AvgIpc) is 3.37. The number of aromatic nitrogens is 1. The number of hydrogen-bond donors (Lipinski definition) is 4. The fraction of sp³-hybridized carbons (Fsp3) is 0.333. The summed E-state index contributed by atoms with van der Waals surface area (Å²) >= 11 is 0. The van der Waals surface area contributed by atoms with Gasteiger partial charge < -0.3 is 25.3 Å². The van der Waals surface area contributed by atoms with E-state index in [1.54, 1.807) is 32.2 Å². The molecule has 0 unspecified atom stereocenters. The highest BCUT2D eigenvalue weighted by Gasteiger charge is 2.32. The summed E-state index contributed by atoms with van der Waals surface area (Å²) in [6.07, 6.45) is -0.993. The van der Waals surface area contributed by atoms with E-state index in [1.807, 2.05) is 44.2 Å². The fourth-order valence-electron chi connectivity index (χ4n) is 4.60. The third-order valence-electron chi connectivity index (χ3n) is 6.80. The van der Waals surface area contributed by atoms with Gasteiger partial charge in [-0.25, -0.2) is 8.42 Å². The average molecular weight is 581 g/mol. The molecule has 0 bridgehead atoms. The molecule has 4 aromatic rings. The van der Waals surface area contributed by atoms with Gasteiger partial charge in [-0.05, 0) is 49.1 Å². The van der Waals surface area contributed by atoms with Gasteiger partial charge in [-0.15, -0.1) is 0 Å². The van der Waals surface area contributed by atoms with Gasteiger partial charge in [0.25, 0.3) is 11.9 Å². The van der Waals surface area contributed by atoms with Gasteiger partial charge in [0, 0.05) is 37.3 Å². The maximum atomic E-state index is 13.9. The van der Waals surface area contributed by atoms with Crippen LogP contribution in [0.4, 0.5) is 6.01 Å². The van der Waals surface area contributed by atoms with E-state index in [2.05, 4.69) is 15.6 Å². The van der Waals surface area contributed by atoms with Crippen LogP contribution in [-0.4, -0.2) is 66.1 Å². The molecular weight excluding hydrogens is 544 g/mol. The lowest BCUT2D eigenvalue weighted by molar-refractivity contribution is 0.0775. The minimum Gasteiger partial charge on any atom is -0.508 e. The van der Waals surface area contributed by atoms with E-state index >= 15 is 0 Å². The Morgan fingerprint density at radius 1 is 1.05 bits per heavy atom. The molecule has 0 fully saturated rings. The molecule has 4 rings (SSSR count). The van der Waals surface area contributed by atoms with Crippen LogP contribution in [0.5, 0.6) is 5.75 Å². The van der Waals surface area contributed by atoms with Crippen LogP contribution in [0.2, 0.25) is 0 Å². The number of anilines is 1. The molecule has 0 aliphatic carbocycles. The fourth-order valence-corrected chi connectivity index (χ4v) is 6.24. The van der Waals surface area contributed by atoms with Crippen LogP contribution in [-0.2, 0) is 16.4 Å². The number of rotatable bonds is 12. The smallest absolute Gasteiger partial charge is 0.295 e. The summed E-state index contributed by atoms with van der Waals surface area (Å²) in [6, 6.07) is 17.9. The van der Waals surface area contributed by atoms with Crippen LogP contribution < -0.4 is 10.6 Å². The predicted molar refractivity (Wildman–Crippen MR) is 157 cm³/mol. The van der Waals surface area contributed by atoms with E-state index in [-0.39, 0.29) is 47.7 Å². The van der Waals surface area contributed by atoms with Crippen LogP contribution in [0.3, 0.4) is 0 Å². The number of benzene rings is 3. The number of phenolic OH excluding ortho intramolecular Hbond substituents is 1. The molecule has 218 valence electrons. The van der Waals surface area contributed by atoms with Crippen molar-refractivity contribution in [3.05, 3.63) is 83.4 Å². The summed E-state index contributed by atoms with van der Waals surface area (Å²) in [6.45, 7) is 5.30. The molecule has 2 atom stereocenters. The van der Waals surface area contributed by atoms with Crippen molar-refractivity contribution in [2.24, 2.45) is 5.92 Å². The van der Waals surface area contributed by atoms with Gasteiger partial charge in [0.15, 0.2) is 5.58 Å². The number of fused-ring (bicyclic) bond motifs is 1. The van der Waals surface area contributed by atoms with Crippen molar-refractivity contribution in [3.8, 4) is 5.75 Å². The molecule has 1 amide bonds. The second-order valence-corrected chi connectivity index (χ2v) is 12.3. The lowest BCUT2D eigenvalue weighted by Crippen LogP contribution is -2.51. The Balaban J connectivity index is 1.64. The van der Waals surface area contributed by atoms with Crippen LogP contribution in [0.25, 0.3) is 11.1 Å². The first-order valence-electron chi connectivity index (χ1n) is 13.4. The first-order chi connectivity index (χ1) is 19.5. The van der Waals surface area contributed by atoms with Crippen molar-refractivity contribution >= 4 is 33.0 Å². The topological polar surface area (TPSA) is 145 Å². The minimum absolute atomic E-state index is 0.00989. The minimum atomic E-state index is -4.06. The molecule has 11 heteroatoms. The van der Waals surface area contributed by atoms with Gasteiger partial charge in [-0.3, -0.25) is 4.79 Å². The van der Waals surface area contributed by atoms with E-state index in [4.69, 9.17) is 4.42 Å². The molecule has 10 nitrogen and oxygen atoms in total. The summed E-state index contributed by atoms with van der Waals surface area (Å²) < 4.78 is 34.5. The van der Waals surface area contributed by atoms with E-state index < -0.39 is 28.1 Å². The van der Waals surface area contributed by atoms with Gasteiger partial charge >= 0.3 is 0 Å². The highest BCUT2D eigenvalue weighted by Crippen LogP contribution is 2.26. The second-order valence-electron chi connectivity index (χ2n) is 10.4. The number of carbonyl (C=O) groups is 1. The molecule has 0 aliphatic heterocycles. The number of nitrogens with one attached hydrogen (secondary N) is 2. The van der Waals surface area contributed by atoms with Gasteiger partial charge in [-0.1, -0.05) is 50.2 Å². The van der Waals surface area contributed by atoms with Gasteiger partial charge in [0.2, 0.25) is 10.0 Å². The third-order valence-corrected chi connectivity index (χ3v) is 8.63. The number of aromatic hydroxyl groups is 1. The van der Waals surface area contributed by atoms with Crippen LogP contribution in [0.15, 0.2) is 76.0 Å². The molecule has 41 heavy (non-hydrogen) atoms. The monoisotopic (exact) mass is 580 g/mol. The summed E-state index contributed by atoms with van der Waals surface area (Å²) in [5.41, 5.74) is 2.36. The number of oxazole rings is 1. The molecule has 3 aromatic carbocycles. The molecule has 0 saturated carbocycles. The number of phenols is 1. The van der Waals surface area contributed by atoms with Crippen LogP contribution >= 0.6 is 0 Å². The highest BCUT2D eigenvalue weighted by molar-refractivity contribution is 7.89. The van der Waals surface area contributed by atoms with E-state index in [9.17, 15) is 23.4 Å². The van der Waals surface area contributed by atoms with Gasteiger partial charge in [0.05, 0.1) is 17.0 Å². The Hall–Kier alpha value is -3.93. The van der Waals surface area contributed by atoms with Crippen molar-refractivity contribution in [2.45, 2.75) is 44.2 Å². The van der Waals surface area contributed by atoms with Crippen molar-refractivity contribution in [3.63, 3.8) is 0 Å². The Labute approximate surface area is 240 Å². The number of aliphatic hydroxyl groups is 1. The third kappa shape index (κ3) is 7.05. The maximum absolute atomic E-state index is 13.9. The number of nitrogens with zero attached hydrogens (tertiary/aromatic N) is 2. The normalized spacial score (nSPS) is 13.4. The molecule has 0 spiro atoms. The van der Waals surface area contributed by atoms with E-state index in [0.29, 0.717) is 16.7 Å². The predicted octanol–water partition coefficient (Wildman–Crippen LogP) is 3.93. The zero-order valence-corrected chi connectivity index (χ0v) is 24.4. The van der Waals surface area contributed by atoms with Crippen molar-refractivity contribution < 1.29 is 27.8 Å². The lowest BCUT2D eigenvalue weighted by Gasteiger charge is -2.31. The van der Waals surface area contributed by atoms with Crippen LogP contribution in [0, 0.1) is 12.8 Å². The zero-order chi connectivity index (χ0) is 29.7. The number of hydrogen-bond acceptors (Lipinski definition) is 8.